The topological polar surface area (TPSA) is 76.4 Å². The molecule has 19 heavy (non-hydrogen) atoms. The molecular weight excluding hydrogens is 244 g/mol. The standard InChI is InChI=1S/C12H24N6O/c1-10(2)8-19-6-5-14-12(13-3)15-7-11-16-9-17-18(11)4/h9-10H,5-8H2,1-4H3,(H2,13,14,15). The van der Waals surface area contributed by atoms with Gasteiger partial charge in [0.05, 0.1) is 13.2 Å². The van der Waals surface area contributed by atoms with Crippen LogP contribution in [0.3, 0.4) is 0 Å². The number of hydrogen-bond donors (Lipinski definition) is 2. The number of rotatable bonds is 7. The highest BCUT2D eigenvalue weighted by molar-refractivity contribution is 5.79. The van der Waals surface area contributed by atoms with Gasteiger partial charge in [-0.05, 0) is 5.92 Å². The lowest BCUT2D eigenvalue weighted by Gasteiger charge is -2.12. The van der Waals surface area contributed by atoms with Crippen molar-refractivity contribution in [2.24, 2.45) is 18.0 Å². The second kappa shape index (κ2) is 8.47. The monoisotopic (exact) mass is 268 g/mol. The van der Waals surface area contributed by atoms with Crippen LogP contribution < -0.4 is 10.6 Å². The Morgan fingerprint density at radius 3 is 2.84 bits per heavy atom. The molecule has 0 aliphatic carbocycles. The van der Waals surface area contributed by atoms with Gasteiger partial charge in [-0.1, -0.05) is 13.8 Å². The zero-order valence-electron chi connectivity index (χ0n) is 12.2. The first kappa shape index (κ1) is 15.4. The molecule has 0 fully saturated rings. The summed E-state index contributed by atoms with van der Waals surface area (Å²) in [6, 6.07) is 0. The van der Waals surface area contributed by atoms with E-state index in [-0.39, 0.29) is 0 Å². The van der Waals surface area contributed by atoms with Gasteiger partial charge in [-0.2, -0.15) is 5.10 Å². The fourth-order valence-electron chi connectivity index (χ4n) is 1.42. The molecule has 1 rings (SSSR count). The van der Waals surface area contributed by atoms with Crippen LogP contribution in [0.15, 0.2) is 11.3 Å². The Hall–Kier alpha value is -1.63. The van der Waals surface area contributed by atoms with E-state index in [4.69, 9.17) is 4.74 Å². The summed E-state index contributed by atoms with van der Waals surface area (Å²) >= 11 is 0. The van der Waals surface area contributed by atoms with Gasteiger partial charge in [0.1, 0.15) is 12.2 Å². The van der Waals surface area contributed by atoms with Crippen LogP contribution in [0, 0.1) is 5.92 Å². The van der Waals surface area contributed by atoms with Gasteiger partial charge in [-0.25, -0.2) is 4.98 Å². The predicted octanol–water partition coefficient (Wildman–Crippen LogP) is 0.153. The lowest BCUT2D eigenvalue weighted by atomic mass is 10.2. The molecule has 0 radical (unpaired) electrons. The smallest absolute Gasteiger partial charge is 0.191 e. The highest BCUT2D eigenvalue weighted by Crippen LogP contribution is 1.91. The minimum absolute atomic E-state index is 0.563. The summed E-state index contributed by atoms with van der Waals surface area (Å²) in [7, 11) is 3.60. The summed E-state index contributed by atoms with van der Waals surface area (Å²) in [5, 5.41) is 10.4. The maximum Gasteiger partial charge on any atom is 0.191 e. The molecular formula is C12H24N6O. The van der Waals surface area contributed by atoms with Gasteiger partial charge in [0.15, 0.2) is 5.96 Å². The van der Waals surface area contributed by atoms with Crippen LogP contribution in [0.5, 0.6) is 0 Å². The van der Waals surface area contributed by atoms with Crippen molar-refractivity contribution in [2.75, 3.05) is 26.8 Å². The van der Waals surface area contributed by atoms with Crippen LogP contribution in [0.1, 0.15) is 19.7 Å². The van der Waals surface area contributed by atoms with Gasteiger partial charge in [-0.3, -0.25) is 9.67 Å². The molecule has 2 N–H and O–H groups in total. The van der Waals surface area contributed by atoms with Crippen molar-refractivity contribution in [1.82, 2.24) is 25.4 Å². The third-order valence-electron chi connectivity index (χ3n) is 2.43. The minimum atomic E-state index is 0.563. The van der Waals surface area contributed by atoms with E-state index in [1.807, 2.05) is 7.05 Å². The Labute approximate surface area is 114 Å². The molecule has 1 aromatic rings. The van der Waals surface area contributed by atoms with Crippen LogP contribution in [0.4, 0.5) is 0 Å². The number of aryl methyl sites for hydroxylation is 1. The Balaban J connectivity index is 2.18. The average Bonchev–Trinajstić information content (AvgIpc) is 2.78. The molecule has 108 valence electrons. The molecule has 1 heterocycles. The van der Waals surface area contributed by atoms with Gasteiger partial charge < -0.3 is 15.4 Å². The molecule has 0 saturated carbocycles. The molecule has 0 aliphatic rings. The van der Waals surface area contributed by atoms with E-state index in [2.05, 4.69) is 39.6 Å². The first-order valence-corrected chi connectivity index (χ1v) is 6.48. The van der Waals surface area contributed by atoms with Crippen LogP contribution in [-0.2, 0) is 18.3 Å². The first-order valence-electron chi connectivity index (χ1n) is 6.48. The summed E-state index contributed by atoms with van der Waals surface area (Å²) in [4.78, 5) is 8.26. The largest absolute Gasteiger partial charge is 0.379 e. The zero-order valence-corrected chi connectivity index (χ0v) is 12.2. The number of nitrogens with zero attached hydrogens (tertiary/aromatic N) is 4. The van der Waals surface area contributed by atoms with Gasteiger partial charge in [0.2, 0.25) is 0 Å². The van der Waals surface area contributed by atoms with E-state index in [1.54, 1.807) is 11.7 Å². The first-order chi connectivity index (χ1) is 9.13. The van der Waals surface area contributed by atoms with Gasteiger partial charge in [-0.15, -0.1) is 0 Å². The lowest BCUT2D eigenvalue weighted by Crippen LogP contribution is -2.39. The molecule has 0 amide bonds. The van der Waals surface area contributed by atoms with Crippen molar-refractivity contribution in [3.8, 4) is 0 Å². The van der Waals surface area contributed by atoms with Crippen LogP contribution in [0.2, 0.25) is 0 Å². The maximum absolute atomic E-state index is 5.49. The van der Waals surface area contributed by atoms with E-state index in [0.717, 1.165) is 24.9 Å². The molecule has 1 aromatic heterocycles. The third kappa shape index (κ3) is 6.19. The Bertz CT molecular complexity index is 387. The van der Waals surface area contributed by atoms with Crippen molar-refractivity contribution in [2.45, 2.75) is 20.4 Å². The lowest BCUT2D eigenvalue weighted by molar-refractivity contribution is 0.114. The molecule has 7 nitrogen and oxygen atoms in total. The highest BCUT2D eigenvalue weighted by Gasteiger charge is 2.02. The average molecular weight is 268 g/mol. The quantitative estimate of drug-likeness (QED) is 0.418. The number of hydrogen-bond acceptors (Lipinski definition) is 4. The Kier molecular flexibility index (Phi) is 6.88. The van der Waals surface area contributed by atoms with E-state index in [1.165, 1.54) is 6.33 Å². The fraction of sp³-hybridized carbons (Fsp3) is 0.750. The molecule has 0 saturated heterocycles. The van der Waals surface area contributed by atoms with E-state index < -0.39 is 0 Å². The Morgan fingerprint density at radius 1 is 1.47 bits per heavy atom. The van der Waals surface area contributed by atoms with Crippen molar-refractivity contribution in [1.29, 1.82) is 0 Å². The van der Waals surface area contributed by atoms with Crippen molar-refractivity contribution in [3.63, 3.8) is 0 Å². The summed E-state index contributed by atoms with van der Waals surface area (Å²) < 4.78 is 7.22. The third-order valence-corrected chi connectivity index (χ3v) is 2.43. The van der Waals surface area contributed by atoms with Gasteiger partial charge >= 0.3 is 0 Å². The molecule has 0 unspecified atom stereocenters. The van der Waals surface area contributed by atoms with E-state index in [9.17, 15) is 0 Å². The number of nitrogens with one attached hydrogen (secondary N) is 2. The minimum Gasteiger partial charge on any atom is -0.379 e. The number of ether oxygens (including phenoxy) is 1. The SMILES string of the molecule is CN=C(NCCOCC(C)C)NCc1ncnn1C. The summed E-state index contributed by atoms with van der Waals surface area (Å²) in [5.74, 6) is 2.16. The highest BCUT2D eigenvalue weighted by atomic mass is 16.5. The van der Waals surface area contributed by atoms with Crippen LogP contribution in [0.25, 0.3) is 0 Å². The summed E-state index contributed by atoms with van der Waals surface area (Å²) in [6.07, 6.45) is 1.53. The Morgan fingerprint density at radius 2 is 2.26 bits per heavy atom. The molecule has 0 aliphatic heterocycles. The number of guanidine groups is 1. The number of aliphatic imine (C=N–C) groups is 1. The fourth-order valence-corrected chi connectivity index (χ4v) is 1.42. The second-order valence-electron chi connectivity index (χ2n) is 4.62. The molecule has 0 spiro atoms. The maximum atomic E-state index is 5.49. The van der Waals surface area contributed by atoms with Crippen molar-refractivity contribution < 1.29 is 4.74 Å². The van der Waals surface area contributed by atoms with Crippen LogP contribution >= 0.6 is 0 Å². The van der Waals surface area contributed by atoms with Gasteiger partial charge in [0, 0.05) is 27.2 Å². The molecule has 0 bridgehead atoms. The van der Waals surface area contributed by atoms with E-state index in [0.29, 0.717) is 19.1 Å². The normalized spacial score (nSPS) is 11.9. The molecule has 0 aromatic carbocycles. The molecule has 0 atom stereocenters. The summed E-state index contributed by atoms with van der Waals surface area (Å²) in [6.45, 7) is 7.04. The second-order valence-corrected chi connectivity index (χ2v) is 4.62. The molecule has 7 heteroatoms. The van der Waals surface area contributed by atoms with E-state index >= 15 is 0 Å². The van der Waals surface area contributed by atoms with Gasteiger partial charge in [0.25, 0.3) is 0 Å². The summed E-state index contributed by atoms with van der Waals surface area (Å²) in [5.41, 5.74) is 0. The number of aromatic nitrogens is 3. The van der Waals surface area contributed by atoms with Crippen LogP contribution in [-0.4, -0.2) is 47.5 Å². The van der Waals surface area contributed by atoms with Crippen molar-refractivity contribution in [3.05, 3.63) is 12.2 Å². The zero-order chi connectivity index (χ0) is 14.1. The van der Waals surface area contributed by atoms with Crippen molar-refractivity contribution >= 4 is 5.96 Å². The predicted molar refractivity (Wildman–Crippen MR) is 74.9 cm³/mol.